The van der Waals surface area contributed by atoms with E-state index in [9.17, 15) is 0 Å². The first-order chi connectivity index (χ1) is 9.16. The maximum atomic E-state index is 8.87. The lowest BCUT2D eigenvalue weighted by atomic mass is 10.2. The highest BCUT2D eigenvalue weighted by atomic mass is 79.9. The molecule has 0 amide bonds. The van der Waals surface area contributed by atoms with Crippen LogP contribution < -0.4 is 9.39 Å². The van der Waals surface area contributed by atoms with Gasteiger partial charge in [0.25, 0.3) is 0 Å². The summed E-state index contributed by atoms with van der Waals surface area (Å²) in [6.07, 6.45) is 0. The molecule has 0 fully saturated rings. The Hall–Kier alpha value is -1.50. The average Bonchev–Trinajstić information content (AvgIpc) is 2.38. The van der Waals surface area contributed by atoms with Gasteiger partial charge < -0.3 is 19.4 Å². The van der Waals surface area contributed by atoms with Crippen molar-refractivity contribution in [1.82, 2.24) is 0 Å². The van der Waals surface area contributed by atoms with Crippen LogP contribution in [0.25, 0.3) is 0 Å². The van der Waals surface area contributed by atoms with Crippen LogP contribution in [-0.4, -0.2) is 17.4 Å². The Morgan fingerprint density at radius 3 is 2.42 bits per heavy atom. The highest BCUT2D eigenvalue weighted by Crippen LogP contribution is 2.35. The van der Waals surface area contributed by atoms with E-state index in [1.807, 2.05) is 30.3 Å². The molecule has 0 spiro atoms. The number of ether oxygens (including phenoxy) is 1. The topological polar surface area (TPSA) is 58.9 Å². The number of hydrogen-bond acceptors (Lipinski definition) is 4. The molecule has 0 aliphatic carbocycles. The molecule has 0 heterocycles. The molecule has 2 N–H and O–H groups in total. The summed E-state index contributed by atoms with van der Waals surface area (Å²) in [6, 6.07) is 14.8. The van der Waals surface area contributed by atoms with Gasteiger partial charge in [0.2, 0.25) is 0 Å². The smallest absolute Gasteiger partial charge is 0.509 e. The molecule has 0 aromatic heterocycles. The molecule has 19 heavy (non-hydrogen) atoms. The molecule has 0 radical (unpaired) electrons. The van der Waals surface area contributed by atoms with Crippen molar-refractivity contribution in [1.29, 1.82) is 0 Å². The van der Waals surface area contributed by atoms with Gasteiger partial charge >= 0.3 is 7.32 Å². The highest BCUT2D eigenvalue weighted by molar-refractivity contribution is 9.10. The van der Waals surface area contributed by atoms with E-state index in [2.05, 4.69) is 15.9 Å². The maximum absolute atomic E-state index is 8.87. The Morgan fingerprint density at radius 2 is 1.74 bits per heavy atom. The number of para-hydroxylation sites is 1. The van der Waals surface area contributed by atoms with Crippen molar-refractivity contribution in [3.63, 3.8) is 0 Å². The second-order valence-electron chi connectivity index (χ2n) is 3.79. The maximum Gasteiger partial charge on any atom is 0.707 e. The molecule has 0 saturated carbocycles. The second kappa shape index (κ2) is 6.61. The summed E-state index contributed by atoms with van der Waals surface area (Å²) in [4.78, 5) is 0. The number of rotatable bonds is 5. The van der Waals surface area contributed by atoms with Crippen LogP contribution in [0.3, 0.4) is 0 Å². The molecule has 0 aliphatic heterocycles. The predicted molar refractivity (Wildman–Crippen MR) is 75.7 cm³/mol. The van der Waals surface area contributed by atoms with Gasteiger partial charge in [0.1, 0.15) is 12.4 Å². The molecular formula is C13H12BBrO4. The van der Waals surface area contributed by atoms with E-state index in [4.69, 9.17) is 19.4 Å². The number of benzene rings is 2. The van der Waals surface area contributed by atoms with E-state index in [1.54, 1.807) is 18.2 Å². The van der Waals surface area contributed by atoms with Crippen molar-refractivity contribution in [3.8, 4) is 11.5 Å². The minimum Gasteiger partial charge on any atom is -0.509 e. The third-order valence-corrected chi connectivity index (χ3v) is 3.01. The zero-order valence-corrected chi connectivity index (χ0v) is 11.6. The van der Waals surface area contributed by atoms with Gasteiger partial charge in [-0.1, -0.05) is 36.4 Å². The summed E-state index contributed by atoms with van der Waals surface area (Å²) in [5.74, 6) is 0.694. The molecule has 0 saturated heterocycles. The molecule has 0 atom stereocenters. The molecule has 0 unspecified atom stereocenters. The fourth-order valence-corrected chi connectivity index (χ4v) is 2.03. The summed E-state index contributed by atoms with van der Waals surface area (Å²) in [5.41, 5.74) is 1.01. The Bertz CT molecular complexity index is 533. The van der Waals surface area contributed by atoms with Gasteiger partial charge in [-0.2, -0.15) is 0 Å². The van der Waals surface area contributed by atoms with Crippen molar-refractivity contribution < 1.29 is 19.4 Å². The van der Waals surface area contributed by atoms with Crippen LogP contribution in [0.2, 0.25) is 0 Å². The van der Waals surface area contributed by atoms with E-state index in [1.165, 1.54) is 0 Å². The molecule has 0 bridgehead atoms. The normalized spacial score (nSPS) is 10.1. The largest absolute Gasteiger partial charge is 0.707 e. The van der Waals surface area contributed by atoms with Crippen LogP contribution in [-0.2, 0) is 6.61 Å². The summed E-state index contributed by atoms with van der Waals surface area (Å²) in [7, 11) is -1.88. The van der Waals surface area contributed by atoms with Crippen molar-refractivity contribution in [2.24, 2.45) is 0 Å². The Labute approximate surface area is 119 Å². The summed E-state index contributed by atoms with van der Waals surface area (Å²) < 4.78 is 11.2. The van der Waals surface area contributed by atoms with Crippen LogP contribution in [0.4, 0.5) is 0 Å². The Balaban J connectivity index is 2.14. The van der Waals surface area contributed by atoms with Crippen molar-refractivity contribution >= 4 is 23.3 Å². The van der Waals surface area contributed by atoms with Gasteiger partial charge in [0.15, 0.2) is 5.75 Å². The molecule has 4 nitrogen and oxygen atoms in total. The van der Waals surface area contributed by atoms with E-state index in [0.29, 0.717) is 16.8 Å². The first-order valence-corrected chi connectivity index (χ1v) is 6.44. The fraction of sp³-hybridized carbons (Fsp3) is 0.0769. The van der Waals surface area contributed by atoms with Crippen molar-refractivity contribution in [2.45, 2.75) is 6.61 Å². The monoisotopic (exact) mass is 322 g/mol. The molecular weight excluding hydrogens is 311 g/mol. The van der Waals surface area contributed by atoms with E-state index >= 15 is 0 Å². The van der Waals surface area contributed by atoms with Gasteiger partial charge in [-0.25, -0.2) is 0 Å². The van der Waals surface area contributed by atoms with Crippen molar-refractivity contribution in [2.75, 3.05) is 0 Å². The lowest BCUT2D eigenvalue weighted by Crippen LogP contribution is -2.21. The minimum atomic E-state index is -1.88. The third-order valence-electron chi connectivity index (χ3n) is 2.39. The molecule has 98 valence electrons. The molecule has 2 rings (SSSR count). The van der Waals surface area contributed by atoms with Crippen LogP contribution in [0.1, 0.15) is 5.56 Å². The van der Waals surface area contributed by atoms with Crippen LogP contribution in [0.5, 0.6) is 11.5 Å². The second-order valence-corrected chi connectivity index (χ2v) is 4.64. The van der Waals surface area contributed by atoms with E-state index in [0.717, 1.165) is 5.56 Å². The average molecular weight is 323 g/mol. The minimum absolute atomic E-state index is 0.264. The molecule has 0 aliphatic rings. The van der Waals surface area contributed by atoms with Crippen molar-refractivity contribution in [3.05, 3.63) is 58.6 Å². The summed E-state index contributed by atoms with van der Waals surface area (Å²) >= 11 is 3.34. The molecule has 2 aromatic rings. The zero-order valence-electron chi connectivity index (χ0n) is 9.99. The van der Waals surface area contributed by atoms with Crippen LogP contribution >= 0.6 is 15.9 Å². The molecule has 6 heteroatoms. The summed E-state index contributed by atoms with van der Waals surface area (Å²) in [5, 5.41) is 17.7. The van der Waals surface area contributed by atoms with Crippen LogP contribution in [0, 0.1) is 0 Å². The highest BCUT2D eigenvalue weighted by Gasteiger charge is 2.17. The number of hydrogen-bond donors (Lipinski definition) is 2. The van der Waals surface area contributed by atoms with Gasteiger partial charge in [-0.15, -0.1) is 0 Å². The zero-order chi connectivity index (χ0) is 13.7. The van der Waals surface area contributed by atoms with Gasteiger partial charge in [-0.05, 0) is 33.6 Å². The Morgan fingerprint density at radius 1 is 1.00 bits per heavy atom. The summed E-state index contributed by atoms with van der Waals surface area (Å²) in [6.45, 7) is 0.362. The van der Waals surface area contributed by atoms with Gasteiger partial charge in [0.05, 0.1) is 4.47 Å². The standard InChI is InChI=1S/C13H12BBrO4/c15-11-7-4-8-12(19-14(16)17)13(11)18-9-10-5-2-1-3-6-10/h1-8,16-17H,9H2. The number of halogens is 1. The lowest BCUT2D eigenvalue weighted by molar-refractivity contribution is 0.261. The lowest BCUT2D eigenvalue weighted by Gasteiger charge is -2.14. The first kappa shape index (κ1) is 13.9. The SMILES string of the molecule is OB(O)Oc1cccc(Br)c1OCc1ccccc1. The fourth-order valence-electron chi connectivity index (χ4n) is 1.57. The predicted octanol–water partition coefficient (Wildman–Crippen LogP) is 2.38. The van der Waals surface area contributed by atoms with Crippen LogP contribution in [0.15, 0.2) is 53.0 Å². The van der Waals surface area contributed by atoms with Gasteiger partial charge in [0, 0.05) is 0 Å². The molecule has 2 aromatic carbocycles. The van der Waals surface area contributed by atoms with E-state index in [-0.39, 0.29) is 5.75 Å². The third kappa shape index (κ3) is 3.99. The van der Waals surface area contributed by atoms with E-state index < -0.39 is 7.32 Å². The quantitative estimate of drug-likeness (QED) is 0.830. The van der Waals surface area contributed by atoms with Gasteiger partial charge in [-0.3, -0.25) is 0 Å². The first-order valence-electron chi connectivity index (χ1n) is 5.65. The Kier molecular flexibility index (Phi) is 4.84.